The van der Waals surface area contributed by atoms with Gasteiger partial charge in [0, 0.05) is 12.1 Å². The van der Waals surface area contributed by atoms with Gasteiger partial charge in [0.05, 0.1) is 0 Å². The lowest BCUT2D eigenvalue weighted by Gasteiger charge is -2.52. The van der Waals surface area contributed by atoms with E-state index in [9.17, 15) is 5.11 Å². The minimum atomic E-state index is 0.215. The highest BCUT2D eigenvalue weighted by Gasteiger charge is 2.46. The molecule has 1 aliphatic heterocycles. The molecule has 1 saturated heterocycles. The summed E-state index contributed by atoms with van der Waals surface area (Å²) in [5, 5.41) is 14.0. The maximum Gasteiger partial charge on any atom is 0.115 e. The van der Waals surface area contributed by atoms with Gasteiger partial charge < -0.3 is 15.3 Å². The zero-order valence-electron chi connectivity index (χ0n) is 15.9. The highest BCUT2D eigenvalue weighted by molar-refractivity contribution is 5.45. The Labute approximate surface area is 152 Å². The first-order valence-electron chi connectivity index (χ1n) is 10.3. The quantitative estimate of drug-likeness (QED) is 0.853. The number of likely N-dealkylation sites (N-methyl/N-ethyl adjacent to an activating group) is 1. The molecule has 4 rings (SSSR count). The van der Waals surface area contributed by atoms with Crippen LogP contribution in [0.25, 0.3) is 0 Å². The van der Waals surface area contributed by atoms with Gasteiger partial charge in [-0.3, -0.25) is 0 Å². The molecule has 2 fully saturated rings. The number of piperidine rings is 1. The van der Waals surface area contributed by atoms with Crippen molar-refractivity contribution in [1.29, 1.82) is 0 Å². The molecule has 0 aromatic heterocycles. The monoisotopic (exact) mass is 342 g/mol. The predicted octanol–water partition coefficient (Wildman–Crippen LogP) is 4.36. The van der Waals surface area contributed by atoms with Crippen molar-refractivity contribution in [2.75, 3.05) is 20.1 Å². The number of likely N-dealkylation sites (tertiary alicyclic amines) is 1. The fraction of sp³-hybridized carbons (Fsp3) is 0.727. The molecule has 1 aromatic rings. The van der Waals surface area contributed by atoms with E-state index < -0.39 is 0 Å². The molecule has 138 valence electrons. The zero-order chi connectivity index (χ0) is 17.4. The standard InChI is InChI=1S/C22H34N2O/c1-22-11-13-24(2)20(15-22)21(18-9-8-17(25)14-19(18)22)23-12-10-16-6-4-3-5-7-16/h8-9,14,16,20-21,23,25H,3-7,10-13,15H2,1-2H3. The second-order valence-electron chi connectivity index (χ2n) is 9.06. The van der Waals surface area contributed by atoms with Crippen LogP contribution in [-0.4, -0.2) is 36.2 Å². The number of phenolic OH excluding ortho intramolecular Hbond substituents is 1. The summed E-state index contributed by atoms with van der Waals surface area (Å²) < 4.78 is 0. The highest BCUT2D eigenvalue weighted by Crippen LogP contribution is 2.49. The van der Waals surface area contributed by atoms with E-state index >= 15 is 0 Å². The molecule has 3 atom stereocenters. The van der Waals surface area contributed by atoms with Crippen LogP contribution in [0.15, 0.2) is 18.2 Å². The van der Waals surface area contributed by atoms with Gasteiger partial charge in [-0.25, -0.2) is 0 Å². The maximum atomic E-state index is 10.1. The molecule has 0 amide bonds. The highest BCUT2D eigenvalue weighted by atomic mass is 16.3. The lowest BCUT2D eigenvalue weighted by Crippen LogP contribution is -2.55. The van der Waals surface area contributed by atoms with Crippen molar-refractivity contribution < 1.29 is 5.11 Å². The third kappa shape index (κ3) is 3.33. The Morgan fingerprint density at radius 2 is 2.04 bits per heavy atom. The Bertz CT molecular complexity index is 610. The van der Waals surface area contributed by atoms with Gasteiger partial charge in [0.1, 0.15) is 5.75 Å². The van der Waals surface area contributed by atoms with E-state index in [0.717, 1.165) is 19.0 Å². The van der Waals surface area contributed by atoms with Gasteiger partial charge >= 0.3 is 0 Å². The summed E-state index contributed by atoms with van der Waals surface area (Å²) in [7, 11) is 2.28. The van der Waals surface area contributed by atoms with Gasteiger partial charge in [0.2, 0.25) is 0 Å². The molecule has 3 nitrogen and oxygen atoms in total. The molecule has 25 heavy (non-hydrogen) atoms. The van der Waals surface area contributed by atoms with Crippen LogP contribution in [0, 0.1) is 5.92 Å². The molecule has 2 aliphatic carbocycles. The molecule has 3 aliphatic rings. The maximum absolute atomic E-state index is 10.1. The second-order valence-corrected chi connectivity index (χ2v) is 9.06. The lowest BCUT2D eigenvalue weighted by molar-refractivity contribution is 0.0795. The van der Waals surface area contributed by atoms with Crippen molar-refractivity contribution in [2.24, 2.45) is 5.92 Å². The largest absolute Gasteiger partial charge is 0.508 e. The average molecular weight is 343 g/mol. The predicted molar refractivity (Wildman–Crippen MR) is 103 cm³/mol. The van der Waals surface area contributed by atoms with Crippen LogP contribution in [0.1, 0.15) is 75.5 Å². The van der Waals surface area contributed by atoms with E-state index in [1.165, 1.54) is 62.5 Å². The third-order valence-electron chi connectivity index (χ3n) is 7.29. The average Bonchev–Trinajstić information content (AvgIpc) is 2.62. The van der Waals surface area contributed by atoms with Crippen molar-refractivity contribution in [3.05, 3.63) is 29.3 Å². The number of hydrogen-bond donors (Lipinski definition) is 2. The Balaban J connectivity index is 1.53. The van der Waals surface area contributed by atoms with Crippen LogP contribution < -0.4 is 5.32 Å². The van der Waals surface area contributed by atoms with E-state index in [1.54, 1.807) is 0 Å². The molecular formula is C22H34N2O. The topological polar surface area (TPSA) is 35.5 Å². The van der Waals surface area contributed by atoms with Crippen LogP contribution in [0.3, 0.4) is 0 Å². The van der Waals surface area contributed by atoms with Gasteiger partial charge in [-0.05, 0) is 74.0 Å². The zero-order valence-corrected chi connectivity index (χ0v) is 15.9. The summed E-state index contributed by atoms with van der Waals surface area (Å²) in [6.07, 6.45) is 10.9. The summed E-state index contributed by atoms with van der Waals surface area (Å²) in [5.74, 6) is 1.34. The normalized spacial score (nSPS) is 33.2. The van der Waals surface area contributed by atoms with Crippen molar-refractivity contribution in [3.8, 4) is 5.75 Å². The molecule has 3 heteroatoms. The molecule has 3 unspecified atom stereocenters. The first-order valence-corrected chi connectivity index (χ1v) is 10.3. The summed E-state index contributed by atoms with van der Waals surface area (Å²) in [5.41, 5.74) is 3.02. The summed E-state index contributed by atoms with van der Waals surface area (Å²) in [6, 6.07) is 7.05. The van der Waals surface area contributed by atoms with Crippen molar-refractivity contribution in [3.63, 3.8) is 0 Å². The number of nitrogens with one attached hydrogen (secondary N) is 1. The smallest absolute Gasteiger partial charge is 0.115 e. The van der Waals surface area contributed by atoms with E-state index in [1.807, 2.05) is 12.1 Å². The molecule has 1 heterocycles. The van der Waals surface area contributed by atoms with Crippen molar-refractivity contribution in [1.82, 2.24) is 10.2 Å². The van der Waals surface area contributed by atoms with E-state index in [2.05, 4.69) is 30.3 Å². The number of aromatic hydroxyl groups is 1. The number of hydrogen-bond acceptors (Lipinski definition) is 3. The SMILES string of the molecule is CN1CCC2(C)CC1C(NCCC1CCCCC1)c1ccc(O)cc12. The molecule has 1 aromatic carbocycles. The lowest BCUT2D eigenvalue weighted by atomic mass is 9.63. The van der Waals surface area contributed by atoms with Gasteiger partial charge in [0.25, 0.3) is 0 Å². The number of fused-ring (bicyclic) bond motifs is 4. The van der Waals surface area contributed by atoms with Crippen LogP contribution in [0.5, 0.6) is 5.75 Å². The second kappa shape index (κ2) is 6.92. The van der Waals surface area contributed by atoms with Crippen LogP contribution in [0.4, 0.5) is 0 Å². The van der Waals surface area contributed by atoms with Gasteiger partial charge in [-0.2, -0.15) is 0 Å². The van der Waals surface area contributed by atoms with E-state index in [-0.39, 0.29) is 5.41 Å². The Morgan fingerprint density at radius 3 is 2.84 bits per heavy atom. The molecular weight excluding hydrogens is 308 g/mol. The van der Waals surface area contributed by atoms with E-state index in [0.29, 0.717) is 17.8 Å². The molecule has 0 radical (unpaired) electrons. The molecule has 2 N–H and O–H groups in total. The summed E-state index contributed by atoms with van der Waals surface area (Å²) in [6.45, 7) is 4.66. The number of nitrogens with zero attached hydrogens (tertiary/aromatic N) is 1. The van der Waals surface area contributed by atoms with Crippen molar-refractivity contribution >= 4 is 0 Å². The first-order chi connectivity index (χ1) is 12.1. The Hall–Kier alpha value is -1.06. The fourth-order valence-electron chi connectivity index (χ4n) is 5.64. The minimum Gasteiger partial charge on any atom is -0.508 e. The van der Waals surface area contributed by atoms with Gasteiger partial charge in [-0.1, -0.05) is 45.1 Å². The number of phenols is 1. The summed E-state index contributed by atoms with van der Waals surface area (Å²) in [4.78, 5) is 2.55. The van der Waals surface area contributed by atoms with Crippen LogP contribution >= 0.6 is 0 Å². The van der Waals surface area contributed by atoms with E-state index in [4.69, 9.17) is 0 Å². The fourth-order valence-corrected chi connectivity index (χ4v) is 5.64. The molecule has 1 saturated carbocycles. The number of rotatable bonds is 4. The van der Waals surface area contributed by atoms with Gasteiger partial charge in [0.15, 0.2) is 0 Å². The minimum absolute atomic E-state index is 0.215. The van der Waals surface area contributed by atoms with Crippen molar-refractivity contribution in [2.45, 2.75) is 75.8 Å². The number of benzene rings is 1. The van der Waals surface area contributed by atoms with Crippen LogP contribution in [0.2, 0.25) is 0 Å². The Morgan fingerprint density at radius 1 is 1.24 bits per heavy atom. The van der Waals surface area contributed by atoms with Crippen LogP contribution in [-0.2, 0) is 5.41 Å². The Kier molecular flexibility index (Phi) is 4.81. The summed E-state index contributed by atoms with van der Waals surface area (Å²) >= 11 is 0. The first kappa shape index (κ1) is 17.4. The third-order valence-corrected chi connectivity index (χ3v) is 7.29. The van der Waals surface area contributed by atoms with Gasteiger partial charge in [-0.15, -0.1) is 0 Å². The molecule has 2 bridgehead atoms. The molecule has 0 spiro atoms.